The lowest BCUT2D eigenvalue weighted by atomic mass is 10.1. The lowest BCUT2D eigenvalue weighted by molar-refractivity contribution is -0.00000534. The van der Waals surface area contributed by atoms with E-state index in [4.69, 9.17) is 16.3 Å². The first-order chi connectivity index (χ1) is 10.2. The van der Waals surface area contributed by atoms with Crippen LogP contribution in [0.1, 0.15) is 18.1 Å². The van der Waals surface area contributed by atoms with Crippen LogP contribution in [0.5, 0.6) is 5.75 Å². The molecule has 0 fully saturated rings. The Hall–Kier alpha value is -1.29. The van der Waals surface area contributed by atoms with Gasteiger partial charge in [0.15, 0.2) is 0 Å². The SMILES string of the molecule is CCOc1ccc(CNCCc2ccccc2F)cc1Cl.[Cl-]. The van der Waals surface area contributed by atoms with Crippen LogP contribution in [0.3, 0.4) is 0 Å². The van der Waals surface area contributed by atoms with Gasteiger partial charge < -0.3 is 22.5 Å². The van der Waals surface area contributed by atoms with Crippen molar-refractivity contribution in [2.45, 2.75) is 19.9 Å². The van der Waals surface area contributed by atoms with Crippen LogP contribution >= 0.6 is 11.6 Å². The van der Waals surface area contributed by atoms with E-state index < -0.39 is 0 Å². The summed E-state index contributed by atoms with van der Waals surface area (Å²) in [4.78, 5) is 0. The van der Waals surface area contributed by atoms with Gasteiger partial charge in [0.2, 0.25) is 0 Å². The van der Waals surface area contributed by atoms with Gasteiger partial charge in [-0.3, -0.25) is 0 Å². The van der Waals surface area contributed by atoms with Gasteiger partial charge in [-0.25, -0.2) is 4.39 Å². The number of hydrogen-bond donors (Lipinski definition) is 1. The number of rotatable bonds is 7. The quantitative estimate of drug-likeness (QED) is 0.764. The van der Waals surface area contributed by atoms with Crippen LogP contribution in [0.25, 0.3) is 0 Å². The highest BCUT2D eigenvalue weighted by Crippen LogP contribution is 2.25. The molecule has 0 amide bonds. The molecule has 0 aliphatic heterocycles. The average molecular weight is 343 g/mol. The molecule has 0 bridgehead atoms. The number of halogens is 3. The van der Waals surface area contributed by atoms with E-state index in [0.717, 1.165) is 11.1 Å². The van der Waals surface area contributed by atoms with Gasteiger partial charge in [-0.2, -0.15) is 0 Å². The third kappa shape index (κ3) is 5.48. The Morgan fingerprint density at radius 2 is 1.95 bits per heavy atom. The topological polar surface area (TPSA) is 21.3 Å². The van der Waals surface area contributed by atoms with E-state index in [1.165, 1.54) is 6.07 Å². The normalized spacial score (nSPS) is 10.1. The second-order valence-electron chi connectivity index (χ2n) is 4.72. The summed E-state index contributed by atoms with van der Waals surface area (Å²) in [5.74, 6) is 0.553. The molecule has 0 atom stereocenters. The van der Waals surface area contributed by atoms with Crippen molar-refractivity contribution in [3.63, 3.8) is 0 Å². The molecule has 2 aromatic rings. The predicted molar refractivity (Wildman–Crippen MR) is 84.4 cm³/mol. The van der Waals surface area contributed by atoms with E-state index in [1.807, 2.05) is 37.3 Å². The highest BCUT2D eigenvalue weighted by Gasteiger charge is 2.03. The minimum Gasteiger partial charge on any atom is -1.00 e. The summed E-state index contributed by atoms with van der Waals surface area (Å²) in [5.41, 5.74) is 1.81. The summed E-state index contributed by atoms with van der Waals surface area (Å²) in [6, 6.07) is 12.6. The number of ether oxygens (including phenoxy) is 1. The maximum atomic E-state index is 13.5. The van der Waals surface area contributed by atoms with Gasteiger partial charge in [0.1, 0.15) is 11.6 Å². The van der Waals surface area contributed by atoms with Crippen LogP contribution < -0.4 is 22.5 Å². The molecule has 0 saturated carbocycles. The van der Waals surface area contributed by atoms with Gasteiger partial charge in [0, 0.05) is 6.54 Å². The van der Waals surface area contributed by atoms with Crippen LogP contribution in [0.4, 0.5) is 4.39 Å². The zero-order chi connectivity index (χ0) is 15.1. The molecule has 0 aliphatic rings. The summed E-state index contributed by atoms with van der Waals surface area (Å²) in [7, 11) is 0. The molecule has 1 N–H and O–H groups in total. The largest absolute Gasteiger partial charge is 1.00 e. The van der Waals surface area contributed by atoms with E-state index in [9.17, 15) is 4.39 Å². The molecule has 0 spiro atoms. The van der Waals surface area contributed by atoms with Gasteiger partial charge in [-0.1, -0.05) is 35.9 Å². The summed E-state index contributed by atoms with van der Waals surface area (Å²) in [6.45, 7) is 3.93. The molecule has 5 heteroatoms. The summed E-state index contributed by atoms with van der Waals surface area (Å²) >= 11 is 6.14. The van der Waals surface area contributed by atoms with Crippen molar-refractivity contribution in [1.82, 2.24) is 5.32 Å². The molecule has 2 aromatic carbocycles. The van der Waals surface area contributed by atoms with Gasteiger partial charge >= 0.3 is 0 Å². The van der Waals surface area contributed by atoms with Crippen molar-refractivity contribution in [1.29, 1.82) is 0 Å². The first kappa shape index (κ1) is 18.8. The van der Waals surface area contributed by atoms with E-state index in [2.05, 4.69) is 5.32 Å². The zero-order valence-corrected chi connectivity index (χ0v) is 13.9. The Bertz CT molecular complexity index is 593. The standard InChI is InChI=1S/C17H19ClFNO.ClH/c1-2-21-17-8-7-13(11-15(17)18)12-20-10-9-14-5-3-4-6-16(14)19;/h3-8,11,20H,2,9-10,12H2,1H3;1H/p-1. The Balaban J connectivity index is 0.00000242. The fourth-order valence-electron chi connectivity index (χ4n) is 2.08. The van der Waals surface area contributed by atoms with E-state index in [-0.39, 0.29) is 18.2 Å². The Morgan fingerprint density at radius 1 is 1.18 bits per heavy atom. The smallest absolute Gasteiger partial charge is 0.137 e. The molecule has 0 unspecified atom stereocenters. The molecule has 0 radical (unpaired) electrons. The second-order valence-corrected chi connectivity index (χ2v) is 5.12. The Kier molecular flexibility index (Phi) is 8.25. The minimum atomic E-state index is -0.150. The monoisotopic (exact) mass is 342 g/mol. The van der Waals surface area contributed by atoms with Gasteiger partial charge in [-0.15, -0.1) is 0 Å². The maximum Gasteiger partial charge on any atom is 0.137 e. The first-order valence-corrected chi connectivity index (χ1v) is 7.44. The van der Waals surface area contributed by atoms with Gasteiger partial charge in [0.05, 0.1) is 11.6 Å². The highest BCUT2D eigenvalue weighted by atomic mass is 35.5. The van der Waals surface area contributed by atoms with Crippen molar-refractivity contribution in [3.05, 3.63) is 64.4 Å². The summed E-state index contributed by atoms with van der Waals surface area (Å²) < 4.78 is 18.8. The first-order valence-electron chi connectivity index (χ1n) is 7.06. The van der Waals surface area contributed by atoms with Crippen molar-refractivity contribution in [2.24, 2.45) is 0 Å². The molecule has 0 heterocycles. The number of hydrogen-bond acceptors (Lipinski definition) is 2. The summed E-state index contributed by atoms with van der Waals surface area (Å²) in [6.07, 6.45) is 0.664. The van der Waals surface area contributed by atoms with Crippen LogP contribution in [-0.2, 0) is 13.0 Å². The van der Waals surface area contributed by atoms with E-state index in [0.29, 0.717) is 36.9 Å². The van der Waals surface area contributed by atoms with Gasteiger partial charge in [-0.05, 0) is 49.2 Å². The zero-order valence-electron chi connectivity index (χ0n) is 12.4. The lowest BCUT2D eigenvalue weighted by Gasteiger charge is -2.09. The Labute approximate surface area is 142 Å². The minimum absolute atomic E-state index is 0. The molecule has 2 rings (SSSR count). The molecular weight excluding hydrogens is 324 g/mol. The number of benzene rings is 2. The van der Waals surface area contributed by atoms with Crippen LogP contribution in [-0.4, -0.2) is 13.2 Å². The summed E-state index contributed by atoms with van der Waals surface area (Å²) in [5, 5.41) is 3.91. The predicted octanol–water partition coefficient (Wildman–Crippen LogP) is 1.21. The fraction of sp³-hybridized carbons (Fsp3) is 0.294. The van der Waals surface area contributed by atoms with E-state index in [1.54, 1.807) is 6.07 Å². The van der Waals surface area contributed by atoms with Crippen molar-refractivity contribution in [2.75, 3.05) is 13.2 Å². The maximum absolute atomic E-state index is 13.5. The fourth-order valence-corrected chi connectivity index (χ4v) is 2.34. The van der Waals surface area contributed by atoms with Gasteiger partial charge in [0.25, 0.3) is 0 Å². The molecule has 0 aromatic heterocycles. The molecule has 120 valence electrons. The van der Waals surface area contributed by atoms with Crippen LogP contribution in [0.2, 0.25) is 5.02 Å². The van der Waals surface area contributed by atoms with Crippen LogP contribution in [0, 0.1) is 5.82 Å². The third-order valence-corrected chi connectivity index (χ3v) is 3.45. The molecular formula is C17H19Cl2FNO-. The third-order valence-electron chi connectivity index (χ3n) is 3.15. The molecule has 0 aliphatic carbocycles. The van der Waals surface area contributed by atoms with Crippen molar-refractivity contribution in [3.8, 4) is 5.75 Å². The molecule has 2 nitrogen and oxygen atoms in total. The Morgan fingerprint density at radius 3 is 2.64 bits per heavy atom. The highest BCUT2D eigenvalue weighted by molar-refractivity contribution is 6.32. The number of nitrogens with one attached hydrogen (secondary N) is 1. The average Bonchev–Trinajstić information content (AvgIpc) is 2.48. The molecule has 0 saturated heterocycles. The van der Waals surface area contributed by atoms with Crippen LogP contribution in [0.15, 0.2) is 42.5 Å². The van der Waals surface area contributed by atoms with Crippen molar-refractivity contribution >= 4 is 11.6 Å². The van der Waals surface area contributed by atoms with E-state index >= 15 is 0 Å². The lowest BCUT2D eigenvalue weighted by Crippen LogP contribution is -3.00. The molecule has 22 heavy (non-hydrogen) atoms. The second kappa shape index (κ2) is 9.67. The van der Waals surface area contributed by atoms with Crippen molar-refractivity contribution < 1.29 is 21.5 Å².